The smallest absolute Gasteiger partial charge is 0.248 e. The summed E-state index contributed by atoms with van der Waals surface area (Å²) in [6.45, 7) is 2.06. The van der Waals surface area contributed by atoms with Crippen molar-refractivity contribution in [2.24, 2.45) is 5.73 Å². The fourth-order valence-corrected chi connectivity index (χ4v) is 2.43. The fourth-order valence-electron chi connectivity index (χ4n) is 2.23. The van der Waals surface area contributed by atoms with Gasteiger partial charge in [0.05, 0.1) is 17.4 Å². The molecule has 21 heavy (non-hydrogen) atoms. The van der Waals surface area contributed by atoms with Crippen molar-refractivity contribution in [2.45, 2.75) is 13.0 Å². The molecule has 1 amide bonds. The van der Waals surface area contributed by atoms with E-state index in [1.165, 1.54) is 0 Å². The number of anilines is 2. The lowest BCUT2D eigenvalue weighted by Crippen LogP contribution is -2.23. The molecule has 1 atom stereocenters. The minimum atomic E-state index is -0.487. The largest absolute Gasteiger partial charge is 0.397 e. The van der Waals surface area contributed by atoms with Crippen LogP contribution in [0.15, 0.2) is 42.5 Å². The normalized spacial score (nSPS) is 12.0. The molecule has 0 bridgehead atoms. The maximum absolute atomic E-state index is 11.2. The summed E-state index contributed by atoms with van der Waals surface area (Å²) in [5.74, 6) is -0.487. The van der Waals surface area contributed by atoms with Crippen LogP contribution in [0.3, 0.4) is 0 Å². The number of primary amides is 1. The van der Waals surface area contributed by atoms with Crippen LogP contribution in [0.5, 0.6) is 0 Å². The predicted octanol–water partition coefficient (Wildman–Crippen LogP) is 3.22. The number of nitrogens with two attached hydrogens (primary N) is 2. The topological polar surface area (TPSA) is 72.3 Å². The SMILES string of the molecule is CC(c1cccc(Cl)c1)N(C)c1ccc(C(N)=O)cc1N. The average molecular weight is 304 g/mol. The molecule has 2 aromatic rings. The van der Waals surface area contributed by atoms with E-state index in [1.54, 1.807) is 18.2 Å². The van der Waals surface area contributed by atoms with Crippen molar-refractivity contribution in [1.29, 1.82) is 0 Å². The zero-order valence-electron chi connectivity index (χ0n) is 12.0. The lowest BCUT2D eigenvalue weighted by molar-refractivity contribution is 0.100. The maximum atomic E-state index is 11.2. The van der Waals surface area contributed by atoms with E-state index in [0.717, 1.165) is 11.3 Å². The summed E-state index contributed by atoms with van der Waals surface area (Å²) in [4.78, 5) is 13.2. The van der Waals surface area contributed by atoms with E-state index in [2.05, 4.69) is 6.92 Å². The Labute approximate surface area is 129 Å². The molecule has 2 rings (SSSR count). The van der Waals surface area contributed by atoms with E-state index in [9.17, 15) is 4.79 Å². The van der Waals surface area contributed by atoms with Crippen LogP contribution in [0.1, 0.15) is 28.9 Å². The molecule has 0 saturated heterocycles. The van der Waals surface area contributed by atoms with Crippen LogP contribution in [0, 0.1) is 0 Å². The van der Waals surface area contributed by atoms with Crippen LogP contribution in [0.25, 0.3) is 0 Å². The molecule has 4 N–H and O–H groups in total. The zero-order chi connectivity index (χ0) is 15.6. The molecule has 0 heterocycles. The van der Waals surface area contributed by atoms with Crippen LogP contribution in [-0.2, 0) is 0 Å². The van der Waals surface area contributed by atoms with Crippen molar-refractivity contribution in [1.82, 2.24) is 0 Å². The fraction of sp³-hybridized carbons (Fsp3) is 0.188. The first kappa shape index (κ1) is 15.2. The number of carbonyl (C=O) groups is 1. The van der Waals surface area contributed by atoms with E-state index in [-0.39, 0.29) is 6.04 Å². The number of hydrogen-bond donors (Lipinski definition) is 2. The summed E-state index contributed by atoms with van der Waals surface area (Å²) in [5, 5.41) is 0.699. The molecule has 0 spiro atoms. The molecule has 0 radical (unpaired) electrons. The first-order valence-electron chi connectivity index (χ1n) is 6.57. The lowest BCUT2D eigenvalue weighted by Gasteiger charge is -2.28. The van der Waals surface area contributed by atoms with Gasteiger partial charge in [0.1, 0.15) is 0 Å². The van der Waals surface area contributed by atoms with Gasteiger partial charge in [0.25, 0.3) is 0 Å². The Kier molecular flexibility index (Phi) is 4.38. The standard InChI is InChI=1S/C16H18ClN3O/c1-10(11-4-3-5-13(17)8-11)20(2)15-7-6-12(16(19)21)9-14(15)18/h3-10H,18H2,1-2H3,(H2,19,21). The first-order chi connectivity index (χ1) is 9.90. The number of halogens is 1. The van der Waals surface area contributed by atoms with Gasteiger partial charge in [-0.3, -0.25) is 4.79 Å². The number of nitrogen functional groups attached to an aromatic ring is 1. The highest BCUT2D eigenvalue weighted by molar-refractivity contribution is 6.30. The summed E-state index contributed by atoms with van der Waals surface area (Å²) in [6.07, 6.45) is 0. The molecule has 2 aromatic carbocycles. The monoisotopic (exact) mass is 303 g/mol. The Bertz CT molecular complexity index is 672. The van der Waals surface area contributed by atoms with Gasteiger partial charge in [-0.15, -0.1) is 0 Å². The molecule has 4 nitrogen and oxygen atoms in total. The summed E-state index contributed by atoms with van der Waals surface area (Å²) in [6, 6.07) is 12.9. The summed E-state index contributed by atoms with van der Waals surface area (Å²) < 4.78 is 0. The average Bonchev–Trinajstić information content (AvgIpc) is 2.45. The van der Waals surface area contributed by atoms with Gasteiger partial charge in [-0.1, -0.05) is 23.7 Å². The second-order valence-corrected chi connectivity index (χ2v) is 5.42. The quantitative estimate of drug-likeness (QED) is 0.852. The molecule has 110 valence electrons. The minimum Gasteiger partial charge on any atom is -0.397 e. The molecular weight excluding hydrogens is 286 g/mol. The minimum absolute atomic E-state index is 0.0884. The van der Waals surface area contributed by atoms with Gasteiger partial charge in [-0.05, 0) is 42.8 Å². The second-order valence-electron chi connectivity index (χ2n) is 4.98. The third-order valence-electron chi connectivity index (χ3n) is 3.60. The number of carbonyl (C=O) groups excluding carboxylic acids is 1. The Hall–Kier alpha value is -2.20. The number of nitrogens with zero attached hydrogens (tertiary/aromatic N) is 1. The maximum Gasteiger partial charge on any atom is 0.248 e. The highest BCUT2D eigenvalue weighted by atomic mass is 35.5. The molecule has 0 aliphatic heterocycles. The van der Waals surface area contributed by atoms with Crippen LogP contribution in [-0.4, -0.2) is 13.0 Å². The van der Waals surface area contributed by atoms with Gasteiger partial charge in [0.2, 0.25) is 5.91 Å². The van der Waals surface area contributed by atoms with Gasteiger partial charge >= 0.3 is 0 Å². The van der Waals surface area contributed by atoms with Gasteiger partial charge in [0, 0.05) is 17.6 Å². The molecule has 0 aromatic heterocycles. The van der Waals surface area contributed by atoms with Crippen molar-refractivity contribution < 1.29 is 4.79 Å². The second kappa shape index (κ2) is 6.06. The van der Waals surface area contributed by atoms with E-state index < -0.39 is 5.91 Å². The van der Waals surface area contributed by atoms with Crippen molar-refractivity contribution in [3.63, 3.8) is 0 Å². The number of rotatable bonds is 4. The van der Waals surface area contributed by atoms with Crippen molar-refractivity contribution in [2.75, 3.05) is 17.7 Å². The zero-order valence-corrected chi connectivity index (χ0v) is 12.8. The molecule has 0 aliphatic rings. The van der Waals surface area contributed by atoms with Gasteiger partial charge < -0.3 is 16.4 Å². The highest BCUT2D eigenvalue weighted by Crippen LogP contribution is 2.31. The van der Waals surface area contributed by atoms with Crippen LogP contribution in [0.2, 0.25) is 5.02 Å². The highest BCUT2D eigenvalue weighted by Gasteiger charge is 2.15. The summed E-state index contributed by atoms with van der Waals surface area (Å²) in [5.41, 5.74) is 14.1. The van der Waals surface area contributed by atoms with Gasteiger partial charge in [0.15, 0.2) is 0 Å². The Balaban J connectivity index is 2.31. The summed E-state index contributed by atoms with van der Waals surface area (Å²) in [7, 11) is 1.95. The molecule has 1 unspecified atom stereocenters. The Morgan fingerprint density at radius 3 is 2.52 bits per heavy atom. The van der Waals surface area contributed by atoms with E-state index in [1.807, 2.05) is 36.2 Å². The Morgan fingerprint density at radius 1 is 1.24 bits per heavy atom. The van der Waals surface area contributed by atoms with Crippen LogP contribution >= 0.6 is 11.6 Å². The molecule has 0 aliphatic carbocycles. The van der Waals surface area contributed by atoms with E-state index in [0.29, 0.717) is 16.3 Å². The molecule has 0 saturated carbocycles. The number of amides is 1. The third-order valence-corrected chi connectivity index (χ3v) is 3.84. The first-order valence-corrected chi connectivity index (χ1v) is 6.95. The number of hydrogen-bond acceptors (Lipinski definition) is 3. The van der Waals surface area contributed by atoms with Crippen molar-refractivity contribution in [3.8, 4) is 0 Å². The van der Waals surface area contributed by atoms with Crippen LogP contribution < -0.4 is 16.4 Å². The van der Waals surface area contributed by atoms with Crippen molar-refractivity contribution in [3.05, 3.63) is 58.6 Å². The molecule has 5 heteroatoms. The molecular formula is C16H18ClN3O. The lowest BCUT2D eigenvalue weighted by atomic mass is 10.1. The number of benzene rings is 2. The predicted molar refractivity (Wildman–Crippen MR) is 87.6 cm³/mol. The van der Waals surface area contributed by atoms with Crippen molar-refractivity contribution >= 4 is 28.9 Å². The summed E-state index contributed by atoms with van der Waals surface area (Å²) >= 11 is 6.03. The van der Waals surface area contributed by atoms with Gasteiger partial charge in [-0.25, -0.2) is 0 Å². The Morgan fingerprint density at radius 2 is 1.95 bits per heavy atom. The van der Waals surface area contributed by atoms with Crippen LogP contribution in [0.4, 0.5) is 11.4 Å². The van der Waals surface area contributed by atoms with E-state index >= 15 is 0 Å². The van der Waals surface area contributed by atoms with E-state index in [4.69, 9.17) is 23.1 Å². The molecule has 0 fully saturated rings. The third kappa shape index (κ3) is 3.28. The van der Waals surface area contributed by atoms with Gasteiger partial charge in [-0.2, -0.15) is 0 Å².